The average molecular weight is 729 g/mol. The fourth-order valence-corrected chi connectivity index (χ4v) is 12.4. The summed E-state index contributed by atoms with van der Waals surface area (Å²) < 4.78 is 0. The minimum absolute atomic E-state index is 0.0471. The second kappa shape index (κ2) is 12.1. The Hall–Kier alpha value is -5.34. The summed E-state index contributed by atoms with van der Waals surface area (Å²) in [6.07, 6.45) is 9.80. The number of hydrogen-bond donors (Lipinski definition) is 0. The van der Waals surface area contributed by atoms with Crippen molar-refractivity contribution < 1.29 is 0 Å². The maximum atomic E-state index is 2.84. The highest BCUT2D eigenvalue weighted by molar-refractivity contribution is 6.23. The summed E-state index contributed by atoms with van der Waals surface area (Å²) in [7, 11) is 0. The van der Waals surface area contributed by atoms with Gasteiger partial charge in [-0.3, -0.25) is 0 Å². The van der Waals surface area contributed by atoms with Crippen molar-refractivity contribution in [2.45, 2.75) is 101 Å². The predicted octanol–water partition coefficient (Wildman–Crippen LogP) is 14.8. The first kappa shape index (κ1) is 34.0. The summed E-state index contributed by atoms with van der Waals surface area (Å²) in [4.78, 5) is 5.69. The van der Waals surface area contributed by atoms with Crippen molar-refractivity contribution in [2.24, 2.45) is 0 Å². The molecule has 2 heterocycles. The molecule has 2 aliphatic carbocycles. The van der Waals surface area contributed by atoms with Gasteiger partial charge in [0, 0.05) is 43.7 Å². The third kappa shape index (κ3) is 4.39. The monoisotopic (exact) mass is 728 g/mol. The van der Waals surface area contributed by atoms with Crippen LogP contribution in [-0.2, 0) is 10.8 Å². The van der Waals surface area contributed by atoms with Crippen molar-refractivity contribution in [3.63, 3.8) is 0 Å². The molecule has 0 bridgehead atoms. The second-order valence-corrected chi connectivity index (χ2v) is 18.3. The number of hydrogen-bond acceptors (Lipinski definition) is 2. The molecule has 0 spiro atoms. The van der Waals surface area contributed by atoms with Gasteiger partial charge in [0.25, 0.3) is 0 Å². The van der Waals surface area contributed by atoms with Gasteiger partial charge in [-0.2, -0.15) is 0 Å². The number of nitrogens with zero attached hydrogens (tertiary/aromatic N) is 2. The highest BCUT2D eigenvalue weighted by atomic mass is 15.3. The van der Waals surface area contributed by atoms with Crippen LogP contribution >= 0.6 is 0 Å². The molecule has 2 nitrogen and oxygen atoms in total. The molecule has 0 saturated heterocycles. The summed E-state index contributed by atoms with van der Waals surface area (Å²) >= 11 is 0. The van der Waals surface area contributed by atoms with Gasteiger partial charge in [0.05, 0.1) is 22.5 Å². The van der Waals surface area contributed by atoms with Crippen molar-refractivity contribution in [3.05, 3.63) is 157 Å². The lowest BCUT2D eigenvalue weighted by Crippen LogP contribution is -2.55. The lowest BCUT2D eigenvalue weighted by atomic mass is 9.61. The van der Waals surface area contributed by atoms with Gasteiger partial charge in [-0.25, -0.2) is 0 Å². The van der Waals surface area contributed by atoms with Gasteiger partial charge < -0.3 is 9.80 Å². The Morgan fingerprint density at radius 2 is 0.732 bits per heavy atom. The molecule has 11 rings (SSSR count). The number of rotatable bonds is 4. The smallest absolute Gasteiger partial charge is 0.0577 e. The second-order valence-electron chi connectivity index (χ2n) is 18.3. The van der Waals surface area contributed by atoms with E-state index in [0.29, 0.717) is 0 Å². The number of fused-ring (bicyclic) bond motifs is 8. The minimum atomic E-state index is -0.0780. The Balaban J connectivity index is 1.31. The Kier molecular flexibility index (Phi) is 7.32. The summed E-state index contributed by atoms with van der Waals surface area (Å²) in [6.45, 7) is 10.3. The maximum Gasteiger partial charge on any atom is 0.0577 e. The van der Waals surface area contributed by atoms with E-state index in [1.165, 1.54) is 129 Å². The molecule has 2 saturated carbocycles. The lowest BCUT2D eigenvalue weighted by Gasteiger charge is -2.52. The van der Waals surface area contributed by atoms with Crippen LogP contribution in [0.4, 0.5) is 22.7 Å². The molecule has 0 N–H and O–H groups in total. The average Bonchev–Trinajstić information content (AvgIpc) is 3.58. The maximum absolute atomic E-state index is 2.84. The van der Waals surface area contributed by atoms with Gasteiger partial charge in [-0.15, -0.1) is 0 Å². The summed E-state index contributed by atoms with van der Waals surface area (Å²) in [5.74, 6) is 0. The first-order valence-electron chi connectivity index (χ1n) is 21.2. The lowest BCUT2D eigenvalue weighted by molar-refractivity contribution is 0.195. The van der Waals surface area contributed by atoms with Gasteiger partial charge in [0.1, 0.15) is 0 Å². The molecule has 2 heteroatoms. The standard InChI is InChI=1S/C54H52N2/c1-51-31-15-17-33-53(51,3)55(47-25-13-11-23-45(47)51)49-41-29-27-40(38-21-9-6-10-22-38)36-44(41)50(42-30-28-39(35-43(42)49)37-19-7-5-8-20-37)56-48-26-14-12-24-46(48)52(2)32-16-18-34-54(52,56)4/h5-14,19-30,35-36H,15-18,31-34H2,1-4H3. The molecule has 2 fully saturated rings. The number of anilines is 4. The predicted molar refractivity (Wildman–Crippen MR) is 238 cm³/mol. The summed E-state index contributed by atoms with van der Waals surface area (Å²) in [5.41, 5.74) is 13.5. The summed E-state index contributed by atoms with van der Waals surface area (Å²) in [6, 6.07) is 55.7. The van der Waals surface area contributed by atoms with Gasteiger partial charge in [-0.05, 0) is 97.2 Å². The van der Waals surface area contributed by atoms with E-state index in [1.807, 2.05) is 0 Å². The third-order valence-electron chi connectivity index (χ3n) is 15.7. The van der Waals surface area contributed by atoms with Crippen LogP contribution in [0.1, 0.15) is 90.2 Å². The van der Waals surface area contributed by atoms with E-state index in [9.17, 15) is 0 Å². The summed E-state index contributed by atoms with van der Waals surface area (Å²) in [5, 5.41) is 5.37. The van der Waals surface area contributed by atoms with Crippen LogP contribution in [0.15, 0.2) is 146 Å². The van der Waals surface area contributed by atoms with Crippen LogP contribution in [0.2, 0.25) is 0 Å². The molecule has 4 aliphatic rings. The zero-order chi connectivity index (χ0) is 37.9. The number of para-hydroxylation sites is 2. The van der Waals surface area contributed by atoms with Crippen molar-refractivity contribution in [2.75, 3.05) is 9.80 Å². The Morgan fingerprint density at radius 1 is 0.357 bits per heavy atom. The van der Waals surface area contributed by atoms with Crippen LogP contribution in [0.5, 0.6) is 0 Å². The molecule has 278 valence electrons. The molecule has 7 aromatic carbocycles. The van der Waals surface area contributed by atoms with Gasteiger partial charge >= 0.3 is 0 Å². The van der Waals surface area contributed by atoms with E-state index >= 15 is 0 Å². The zero-order valence-electron chi connectivity index (χ0n) is 33.4. The quantitative estimate of drug-likeness (QED) is 0.167. The van der Waals surface area contributed by atoms with Crippen LogP contribution in [0, 0.1) is 0 Å². The van der Waals surface area contributed by atoms with Crippen LogP contribution in [-0.4, -0.2) is 11.1 Å². The van der Waals surface area contributed by atoms with E-state index in [2.05, 4.69) is 183 Å². The largest absolute Gasteiger partial charge is 0.333 e. The molecule has 0 radical (unpaired) electrons. The van der Waals surface area contributed by atoms with Gasteiger partial charge in [-0.1, -0.05) is 161 Å². The van der Waals surface area contributed by atoms with Crippen molar-refractivity contribution >= 4 is 44.3 Å². The molecule has 4 unspecified atom stereocenters. The zero-order valence-corrected chi connectivity index (χ0v) is 33.4. The minimum Gasteiger partial charge on any atom is -0.333 e. The molecule has 0 amide bonds. The SMILES string of the molecule is CC12CCCCC1(C)N(c1c3ccc(-c4ccccc4)cc3c(N3c4ccccc4C4(C)CCCCC34C)c3ccc(-c4ccccc4)cc13)c1ccccc12. The van der Waals surface area contributed by atoms with E-state index in [-0.39, 0.29) is 21.9 Å². The van der Waals surface area contributed by atoms with Crippen molar-refractivity contribution in [1.82, 2.24) is 0 Å². The fourth-order valence-electron chi connectivity index (χ4n) is 12.4. The third-order valence-corrected chi connectivity index (χ3v) is 15.7. The molecule has 4 atom stereocenters. The van der Waals surface area contributed by atoms with Crippen LogP contribution in [0.3, 0.4) is 0 Å². The van der Waals surface area contributed by atoms with E-state index in [0.717, 1.165) is 0 Å². The first-order valence-corrected chi connectivity index (χ1v) is 21.2. The van der Waals surface area contributed by atoms with Gasteiger partial charge in [0.15, 0.2) is 0 Å². The molecule has 56 heavy (non-hydrogen) atoms. The van der Waals surface area contributed by atoms with E-state index < -0.39 is 0 Å². The Bertz CT molecular complexity index is 2490. The van der Waals surface area contributed by atoms with Crippen LogP contribution < -0.4 is 9.80 Å². The highest BCUT2D eigenvalue weighted by Crippen LogP contribution is 2.66. The molecule has 7 aromatic rings. The van der Waals surface area contributed by atoms with Crippen molar-refractivity contribution in [3.8, 4) is 22.3 Å². The molecule has 2 aliphatic heterocycles. The van der Waals surface area contributed by atoms with E-state index in [4.69, 9.17) is 0 Å². The topological polar surface area (TPSA) is 6.48 Å². The molecular formula is C54H52N2. The normalized spacial score (nSPS) is 26.6. The first-order chi connectivity index (χ1) is 27.3. The van der Waals surface area contributed by atoms with Crippen LogP contribution in [0.25, 0.3) is 43.8 Å². The van der Waals surface area contributed by atoms with E-state index in [1.54, 1.807) is 0 Å². The molecule has 0 aromatic heterocycles. The highest BCUT2D eigenvalue weighted by Gasteiger charge is 2.60. The van der Waals surface area contributed by atoms with Crippen molar-refractivity contribution in [1.29, 1.82) is 0 Å². The number of benzene rings is 7. The molecular weight excluding hydrogens is 677 g/mol. The Labute approximate surface area is 332 Å². The van der Waals surface area contributed by atoms with Gasteiger partial charge in [0.2, 0.25) is 0 Å². The fraction of sp³-hybridized carbons (Fsp3) is 0.296. The Morgan fingerprint density at radius 3 is 1.16 bits per heavy atom.